The van der Waals surface area contributed by atoms with Crippen molar-refractivity contribution >= 4 is 0 Å². The number of aromatic nitrogens is 3. The number of hydrogen-bond donors (Lipinski definition) is 1. The van der Waals surface area contributed by atoms with E-state index in [1.54, 1.807) is 12.4 Å². The molecule has 0 radical (unpaired) electrons. The summed E-state index contributed by atoms with van der Waals surface area (Å²) in [4.78, 5) is 11.5. The van der Waals surface area contributed by atoms with Crippen LogP contribution in [0.5, 0.6) is 0 Å². The second-order valence-electron chi connectivity index (χ2n) is 11.4. The molecule has 5 heterocycles. The number of nitrogens with zero attached hydrogens (tertiary/aromatic N) is 4. The Balaban J connectivity index is 1.37. The van der Waals surface area contributed by atoms with Gasteiger partial charge in [0.2, 0.25) is 0 Å². The minimum absolute atomic E-state index is 0.197. The number of pyridine rings is 1. The summed E-state index contributed by atoms with van der Waals surface area (Å²) < 4.78 is 11.7. The fourth-order valence-corrected chi connectivity index (χ4v) is 6.51. The monoisotopic (exact) mass is 474 g/mol. The van der Waals surface area contributed by atoms with Crippen LogP contribution in [0.3, 0.4) is 0 Å². The van der Waals surface area contributed by atoms with Gasteiger partial charge < -0.3 is 19.3 Å². The summed E-state index contributed by atoms with van der Waals surface area (Å²) in [5.41, 5.74) is 2.02. The molecule has 3 aliphatic heterocycles. The van der Waals surface area contributed by atoms with Crippen molar-refractivity contribution < 1.29 is 14.4 Å². The van der Waals surface area contributed by atoms with E-state index < -0.39 is 5.60 Å². The number of ether oxygens (including phenoxy) is 1. The molecule has 0 amide bonds. The van der Waals surface area contributed by atoms with Crippen LogP contribution in [0.25, 0.3) is 11.5 Å². The lowest BCUT2D eigenvalue weighted by atomic mass is 9.62. The molecule has 2 aromatic heterocycles. The Morgan fingerprint density at radius 3 is 2.51 bits per heavy atom. The number of likely N-dealkylation sites (tertiary alicyclic amines) is 1. The van der Waals surface area contributed by atoms with Crippen LogP contribution in [0.2, 0.25) is 0 Å². The van der Waals surface area contributed by atoms with Crippen LogP contribution in [0.1, 0.15) is 74.4 Å². The van der Waals surface area contributed by atoms with E-state index in [0.717, 1.165) is 49.0 Å². The van der Waals surface area contributed by atoms with E-state index in [4.69, 9.17) is 14.2 Å². The molecular weight excluding hydrogens is 440 g/mol. The van der Waals surface area contributed by atoms with Crippen molar-refractivity contribution in [2.24, 2.45) is 5.41 Å². The number of fused-ring (bicyclic) bond motifs is 2. The van der Waals surface area contributed by atoms with E-state index >= 15 is 0 Å². The van der Waals surface area contributed by atoms with Crippen molar-refractivity contribution in [3.8, 4) is 11.5 Å². The fraction of sp³-hybridized carbons (Fsp3) is 0.536. The molecule has 1 unspecified atom stereocenters. The second-order valence-corrected chi connectivity index (χ2v) is 11.4. The lowest BCUT2D eigenvalue weighted by Crippen LogP contribution is -2.63. The van der Waals surface area contributed by atoms with Gasteiger partial charge in [0, 0.05) is 36.5 Å². The predicted octanol–water partition coefficient (Wildman–Crippen LogP) is 4.48. The maximum absolute atomic E-state index is 12.5. The molecule has 3 fully saturated rings. The largest absolute Gasteiger partial charge is 0.380 e. The van der Waals surface area contributed by atoms with Gasteiger partial charge in [-0.3, -0.25) is 4.98 Å². The fourth-order valence-electron chi connectivity index (χ4n) is 6.51. The van der Waals surface area contributed by atoms with Gasteiger partial charge in [-0.15, -0.1) is 0 Å². The average Bonchev–Trinajstić information content (AvgIpc) is 3.60. The molecule has 3 aromatic rings. The van der Waals surface area contributed by atoms with Crippen molar-refractivity contribution in [1.29, 1.82) is 0 Å². The molecule has 35 heavy (non-hydrogen) atoms. The molecule has 2 bridgehead atoms. The summed E-state index contributed by atoms with van der Waals surface area (Å²) >= 11 is 0. The third-order valence-electron chi connectivity index (χ3n) is 8.39. The summed E-state index contributed by atoms with van der Waals surface area (Å²) in [6.07, 6.45) is 7.17. The molecule has 1 N–H and O–H groups in total. The average molecular weight is 475 g/mol. The summed E-state index contributed by atoms with van der Waals surface area (Å²) in [6, 6.07) is 10.3. The van der Waals surface area contributed by atoms with Gasteiger partial charge in [0.05, 0.1) is 23.7 Å². The topological polar surface area (TPSA) is 84.5 Å². The van der Waals surface area contributed by atoms with Gasteiger partial charge in [-0.2, -0.15) is 4.98 Å². The first-order valence-electron chi connectivity index (χ1n) is 12.7. The van der Waals surface area contributed by atoms with E-state index in [0.29, 0.717) is 23.7 Å². The Hall–Kier alpha value is -2.61. The first-order chi connectivity index (χ1) is 16.8. The highest BCUT2D eigenvalue weighted by Gasteiger charge is 2.55. The molecule has 3 aliphatic rings. The zero-order valence-corrected chi connectivity index (χ0v) is 20.9. The molecule has 184 valence electrons. The van der Waals surface area contributed by atoms with Crippen LogP contribution < -0.4 is 0 Å². The van der Waals surface area contributed by atoms with Crippen LogP contribution in [-0.4, -0.2) is 57.5 Å². The Bertz CT molecular complexity index is 1220. The quantitative estimate of drug-likeness (QED) is 0.564. The zero-order valence-electron chi connectivity index (χ0n) is 20.9. The van der Waals surface area contributed by atoms with Crippen molar-refractivity contribution in [2.45, 2.75) is 69.7 Å². The summed E-state index contributed by atoms with van der Waals surface area (Å²) in [5, 5.41) is 16.7. The molecule has 7 heteroatoms. The minimum atomic E-state index is -1.21. The summed E-state index contributed by atoms with van der Waals surface area (Å²) in [5.74, 6) is 1.78. The van der Waals surface area contributed by atoms with Crippen LogP contribution in [0, 0.1) is 5.41 Å². The minimum Gasteiger partial charge on any atom is -0.380 e. The van der Waals surface area contributed by atoms with E-state index in [-0.39, 0.29) is 17.4 Å². The molecule has 3 saturated heterocycles. The smallest absolute Gasteiger partial charge is 0.259 e. The summed E-state index contributed by atoms with van der Waals surface area (Å²) in [6.45, 7) is 8.08. The number of aliphatic hydroxyl groups is 1. The molecule has 4 atom stereocenters. The Labute approximate surface area is 206 Å². The highest BCUT2D eigenvalue weighted by molar-refractivity contribution is 5.55. The van der Waals surface area contributed by atoms with E-state index in [1.807, 2.05) is 6.07 Å². The molecule has 7 nitrogen and oxygen atoms in total. The van der Waals surface area contributed by atoms with Gasteiger partial charge in [-0.1, -0.05) is 50.2 Å². The third kappa shape index (κ3) is 3.63. The maximum Gasteiger partial charge on any atom is 0.259 e. The Morgan fingerprint density at radius 1 is 1.11 bits per heavy atom. The van der Waals surface area contributed by atoms with E-state index in [1.165, 1.54) is 5.56 Å². The van der Waals surface area contributed by atoms with Gasteiger partial charge >= 0.3 is 0 Å². The lowest BCUT2D eigenvalue weighted by Gasteiger charge is -2.55. The van der Waals surface area contributed by atoms with E-state index in [2.05, 4.69) is 67.1 Å². The third-order valence-corrected chi connectivity index (χ3v) is 8.39. The van der Waals surface area contributed by atoms with E-state index in [9.17, 15) is 5.11 Å². The molecular formula is C28H34N4O3. The molecule has 6 rings (SSSR count). The van der Waals surface area contributed by atoms with Crippen molar-refractivity contribution in [2.75, 3.05) is 20.1 Å². The first-order valence-corrected chi connectivity index (χ1v) is 12.7. The molecule has 1 aromatic carbocycles. The van der Waals surface area contributed by atoms with Crippen LogP contribution in [0.4, 0.5) is 0 Å². The maximum atomic E-state index is 12.5. The van der Waals surface area contributed by atoms with Crippen molar-refractivity contribution in [1.82, 2.24) is 20.0 Å². The van der Waals surface area contributed by atoms with Crippen LogP contribution in [-0.2, 0) is 10.3 Å². The Kier molecular flexibility index (Phi) is 5.36. The summed E-state index contributed by atoms with van der Waals surface area (Å²) in [7, 11) is 2.08. The van der Waals surface area contributed by atoms with Crippen LogP contribution in [0.15, 0.2) is 47.2 Å². The van der Waals surface area contributed by atoms with Gasteiger partial charge in [-0.25, -0.2) is 0 Å². The standard InChI is InChI=1S/C28H34N4O3/c1-17(2)18-5-7-20(8-6-18)28(33,27(3)15-32(4)16-27)21-11-19(13-29-14-21)26-30-25(31-35-26)23-12-22-9-10-24(23)34-22/h5-8,11,13-14,17,22-24,33H,9-10,12,15-16H2,1-4H3/t22-,23-,24+,28?/m1/s1. The number of hydrogen-bond acceptors (Lipinski definition) is 7. The van der Waals surface area contributed by atoms with Gasteiger partial charge in [0.15, 0.2) is 5.82 Å². The van der Waals surface area contributed by atoms with Crippen molar-refractivity contribution in [3.05, 3.63) is 65.2 Å². The molecule has 0 saturated carbocycles. The lowest BCUT2D eigenvalue weighted by molar-refractivity contribution is -0.127. The normalized spacial score (nSPS) is 27.2. The highest BCUT2D eigenvalue weighted by atomic mass is 16.5. The second kappa shape index (κ2) is 8.22. The predicted molar refractivity (Wildman–Crippen MR) is 132 cm³/mol. The first kappa shape index (κ1) is 22.8. The molecule has 0 spiro atoms. The zero-order chi connectivity index (χ0) is 24.4. The molecule has 0 aliphatic carbocycles. The number of rotatable bonds is 6. The number of benzene rings is 1. The Morgan fingerprint density at radius 2 is 1.89 bits per heavy atom. The van der Waals surface area contributed by atoms with Gasteiger partial charge in [0.25, 0.3) is 5.89 Å². The van der Waals surface area contributed by atoms with Gasteiger partial charge in [0.1, 0.15) is 5.60 Å². The highest BCUT2D eigenvalue weighted by Crippen LogP contribution is 2.50. The SMILES string of the molecule is CC(C)c1ccc(C(O)(c2cncc(-c3nc([C@@H]4C[C@H]5CC[C@@H]4O5)no3)c2)C2(C)CN(C)C2)cc1. The van der Waals surface area contributed by atoms with Gasteiger partial charge in [-0.05, 0) is 49.4 Å². The van der Waals surface area contributed by atoms with Crippen molar-refractivity contribution in [3.63, 3.8) is 0 Å². The van der Waals surface area contributed by atoms with Crippen LogP contribution >= 0.6 is 0 Å².